The van der Waals surface area contributed by atoms with Crippen molar-refractivity contribution in [2.45, 2.75) is 13.8 Å². The van der Waals surface area contributed by atoms with Crippen LogP contribution in [0, 0.1) is 25.5 Å². The molecule has 132 valence electrons. The van der Waals surface area contributed by atoms with Gasteiger partial charge in [-0.2, -0.15) is 0 Å². The third kappa shape index (κ3) is 3.83. The molecule has 0 aliphatic carbocycles. The molecule has 2 N–H and O–H groups in total. The molecule has 0 fully saturated rings. The van der Waals surface area contributed by atoms with Crippen LogP contribution in [0.4, 0.5) is 26.1 Å². The van der Waals surface area contributed by atoms with Crippen LogP contribution in [-0.4, -0.2) is 15.9 Å². The highest BCUT2D eigenvalue weighted by atomic mass is 19.1. The van der Waals surface area contributed by atoms with E-state index in [1.165, 1.54) is 18.3 Å². The number of nitrogens with zero attached hydrogens (tertiary/aromatic N) is 2. The van der Waals surface area contributed by atoms with Gasteiger partial charge >= 0.3 is 0 Å². The van der Waals surface area contributed by atoms with Gasteiger partial charge in [-0.1, -0.05) is 12.1 Å². The second kappa shape index (κ2) is 7.26. The maximum absolute atomic E-state index is 13.7. The van der Waals surface area contributed by atoms with E-state index in [4.69, 9.17) is 0 Å². The van der Waals surface area contributed by atoms with Gasteiger partial charge in [0.15, 0.2) is 0 Å². The Hall–Kier alpha value is -3.35. The first-order valence-corrected chi connectivity index (χ1v) is 7.87. The largest absolute Gasteiger partial charge is 0.321 e. The van der Waals surface area contributed by atoms with E-state index in [0.717, 1.165) is 23.3 Å². The lowest BCUT2D eigenvalue weighted by Crippen LogP contribution is -2.15. The lowest BCUT2D eigenvalue weighted by atomic mass is 10.1. The summed E-state index contributed by atoms with van der Waals surface area (Å²) >= 11 is 0. The van der Waals surface area contributed by atoms with Crippen LogP contribution >= 0.6 is 0 Å². The zero-order valence-electron chi connectivity index (χ0n) is 14.2. The van der Waals surface area contributed by atoms with Crippen LogP contribution in [0.15, 0.2) is 48.7 Å². The fraction of sp³-hybridized carbons (Fsp3) is 0.105. The number of rotatable bonds is 4. The number of anilines is 3. The number of aryl methyl sites for hydroxylation is 2. The van der Waals surface area contributed by atoms with Gasteiger partial charge in [0.2, 0.25) is 5.95 Å². The van der Waals surface area contributed by atoms with E-state index in [2.05, 4.69) is 20.6 Å². The third-order valence-electron chi connectivity index (χ3n) is 3.85. The van der Waals surface area contributed by atoms with E-state index in [1.807, 2.05) is 26.0 Å². The molecule has 0 saturated heterocycles. The molecular weight excluding hydrogens is 338 g/mol. The van der Waals surface area contributed by atoms with Crippen molar-refractivity contribution in [3.8, 4) is 0 Å². The Bertz CT molecular complexity index is 955. The van der Waals surface area contributed by atoms with E-state index in [-0.39, 0.29) is 17.3 Å². The summed E-state index contributed by atoms with van der Waals surface area (Å²) < 4.78 is 27.4. The van der Waals surface area contributed by atoms with Crippen molar-refractivity contribution in [1.29, 1.82) is 0 Å². The van der Waals surface area contributed by atoms with Crippen LogP contribution in [-0.2, 0) is 0 Å². The summed E-state index contributed by atoms with van der Waals surface area (Å²) in [6.07, 6.45) is 1.34. The summed E-state index contributed by atoms with van der Waals surface area (Å²) in [6.45, 7) is 3.92. The molecule has 0 unspecified atom stereocenters. The van der Waals surface area contributed by atoms with Crippen molar-refractivity contribution < 1.29 is 13.6 Å². The van der Waals surface area contributed by atoms with Crippen LogP contribution in [0.5, 0.6) is 0 Å². The van der Waals surface area contributed by atoms with E-state index in [9.17, 15) is 13.6 Å². The van der Waals surface area contributed by atoms with Crippen molar-refractivity contribution >= 4 is 23.2 Å². The Morgan fingerprint density at radius 2 is 1.73 bits per heavy atom. The molecule has 0 bridgehead atoms. The quantitative estimate of drug-likeness (QED) is 0.730. The molecular formula is C19H16F2N4O. The second-order valence-electron chi connectivity index (χ2n) is 5.74. The van der Waals surface area contributed by atoms with Crippen LogP contribution in [0.3, 0.4) is 0 Å². The number of carbonyl (C=O) groups is 1. The van der Waals surface area contributed by atoms with Gasteiger partial charge in [-0.15, -0.1) is 0 Å². The molecule has 1 aromatic heterocycles. The average Bonchev–Trinajstić information content (AvgIpc) is 2.62. The minimum atomic E-state index is -0.779. The van der Waals surface area contributed by atoms with E-state index < -0.39 is 17.5 Å². The SMILES string of the molecule is Cc1ccc(NC(=O)c2ccnc(Nc3c(F)cccc3F)n2)cc1C. The fourth-order valence-electron chi connectivity index (χ4n) is 2.29. The number of hydrogen-bond acceptors (Lipinski definition) is 4. The summed E-state index contributed by atoms with van der Waals surface area (Å²) in [5, 5.41) is 5.20. The fourth-order valence-corrected chi connectivity index (χ4v) is 2.29. The normalized spacial score (nSPS) is 10.5. The molecule has 0 spiro atoms. The second-order valence-corrected chi connectivity index (χ2v) is 5.74. The topological polar surface area (TPSA) is 66.9 Å². The number of hydrogen-bond donors (Lipinski definition) is 2. The molecule has 1 heterocycles. The van der Waals surface area contributed by atoms with Gasteiger partial charge in [0.1, 0.15) is 23.0 Å². The number of carbonyl (C=O) groups excluding carboxylic acids is 1. The monoisotopic (exact) mass is 354 g/mol. The molecule has 0 aliphatic rings. The number of nitrogens with one attached hydrogen (secondary N) is 2. The highest BCUT2D eigenvalue weighted by Gasteiger charge is 2.13. The average molecular weight is 354 g/mol. The van der Waals surface area contributed by atoms with Crippen LogP contribution in [0.25, 0.3) is 0 Å². The predicted molar refractivity (Wildman–Crippen MR) is 95.5 cm³/mol. The maximum Gasteiger partial charge on any atom is 0.274 e. The number of para-hydroxylation sites is 1. The highest BCUT2D eigenvalue weighted by Crippen LogP contribution is 2.21. The lowest BCUT2D eigenvalue weighted by Gasteiger charge is -2.09. The Kier molecular flexibility index (Phi) is 4.88. The van der Waals surface area contributed by atoms with Crippen molar-refractivity contribution in [2.75, 3.05) is 10.6 Å². The number of benzene rings is 2. The van der Waals surface area contributed by atoms with Gasteiger partial charge in [0.05, 0.1) is 0 Å². The minimum Gasteiger partial charge on any atom is -0.321 e. The van der Waals surface area contributed by atoms with Crippen LogP contribution in [0.1, 0.15) is 21.6 Å². The number of halogens is 2. The number of amides is 1. The molecule has 3 rings (SSSR count). The molecule has 26 heavy (non-hydrogen) atoms. The van der Waals surface area contributed by atoms with Crippen molar-refractivity contribution in [3.05, 3.63) is 77.1 Å². The molecule has 0 saturated carbocycles. The molecule has 0 aliphatic heterocycles. The summed E-state index contributed by atoms with van der Waals surface area (Å²) in [6, 6.07) is 10.4. The molecule has 1 amide bonds. The maximum atomic E-state index is 13.7. The van der Waals surface area contributed by atoms with Gasteiger partial charge < -0.3 is 10.6 Å². The standard InChI is InChI=1S/C19H16F2N4O/c1-11-6-7-13(10-12(11)2)23-18(26)16-8-9-22-19(24-16)25-17-14(20)4-3-5-15(17)21/h3-10H,1-2H3,(H,23,26)(H,22,24,25). The molecule has 0 atom stereocenters. The summed E-state index contributed by atoms with van der Waals surface area (Å²) in [5.74, 6) is -2.09. The van der Waals surface area contributed by atoms with Crippen molar-refractivity contribution in [3.63, 3.8) is 0 Å². The zero-order chi connectivity index (χ0) is 18.7. The van der Waals surface area contributed by atoms with Crippen molar-refractivity contribution in [1.82, 2.24) is 9.97 Å². The van der Waals surface area contributed by atoms with E-state index in [1.54, 1.807) is 6.07 Å². The molecule has 0 radical (unpaired) electrons. The van der Waals surface area contributed by atoms with Gasteiger partial charge in [0, 0.05) is 11.9 Å². The Morgan fingerprint density at radius 3 is 2.42 bits per heavy atom. The van der Waals surface area contributed by atoms with Gasteiger partial charge in [0.25, 0.3) is 5.91 Å². The van der Waals surface area contributed by atoms with Crippen LogP contribution < -0.4 is 10.6 Å². The van der Waals surface area contributed by atoms with Gasteiger partial charge in [-0.3, -0.25) is 4.79 Å². The van der Waals surface area contributed by atoms with Crippen LogP contribution in [0.2, 0.25) is 0 Å². The third-order valence-corrected chi connectivity index (χ3v) is 3.85. The van der Waals surface area contributed by atoms with Gasteiger partial charge in [-0.05, 0) is 55.3 Å². The highest BCUT2D eigenvalue weighted by molar-refractivity contribution is 6.03. The van der Waals surface area contributed by atoms with E-state index in [0.29, 0.717) is 5.69 Å². The number of aromatic nitrogens is 2. The lowest BCUT2D eigenvalue weighted by molar-refractivity contribution is 0.102. The Labute approximate surface area is 149 Å². The van der Waals surface area contributed by atoms with E-state index >= 15 is 0 Å². The molecule has 7 heteroatoms. The first kappa shape index (κ1) is 17.5. The Morgan fingerprint density at radius 1 is 1.00 bits per heavy atom. The molecule has 3 aromatic rings. The minimum absolute atomic E-state index is 0.0671. The van der Waals surface area contributed by atoms with Gasteiger partial charge in [-0.25, -0.2) is 18.7 Å². The molecule has 2 aromatic carbocycles. The predicted octanol–water partition coefficient (Wildman–Crippen LogP) is 4.37. The molecule has 5 nitrogen and oxygen atoms in total. The summed E-state index contributed by atoms with van der Waals surface area (Å²) in [7, 11) is 0. The summed E-state index contributed by atoms with van der Waals surface area (Å²) in [5.41, 5.74) is 2.48. The zero-order valence-corrected chi connectivity index (χ0v) is 14.2. The Balaban J connectivity index is 1.80. The first-order chi connectivity index (χ1) is 12.4. The summed E-state index contributed by atoms with van der Waals surface area (Å²) in [4.78, 5) is 20.3. The van der Waals surface area contributed by atoms with Crippen molar-refractivity contribution in [2.24, 2.45) is 0 Å². The smallest absolute Gasteiger partial charge is 0.274 e. The first-order valence-electron chi connectivity index (χ1n) is 7.87.